The number of carbonyl (C=O) groups excluding carboxylic acids is 1. The van der Waals surface area contributed by atoms with Crippen LogP contribution in [0, 0.1) is 6.92 Å². The zero-order valence-corrected chi connectivity index (χ0v) is 17.8. The molecular weight excluding hydrogens is 374 g/mol. The molecule has 0 saturated carbocycles. The van der Waals surface area contributed by atoms with E-state index in [0.29, 0.717) is 17.8 Å². The number of aryl methyl sites for hydroxylation is 1. The van der Waals surface area contributed by atoms with Gasteiger partial charge in [0.1, 0.15) is 0 Å². The minimum Gasteiger partial charge on any atom is -0.325 e. The number of anilines is 1. The fourth-order valence-corrected chi connectivity index (χ4v) is 4.07. The van der Waals surface area contributed by atoms with E-state index in [1.165, 1.54) is 24.5 Å². The van der Waals surface area contributed by atoms with Crippen LogP contribution in [0.25, 0.3) is 0 Å². The zero-order valence-electron chi connectivity index (χ0n) is 17.0. The van der Waals surface area contributed by atoms with Gasteiger partial charge in [-0.2, -0.15) is 0 Å². The van der Waals surface area contributed by atoms with Gasteiger partial charge in [0.25, 0.3) is 0 Å². The molecule has 0 fully saturated rings. The number of rotatable bonds is 9. The summed E-state index contributed by atoms with van der Waals surface area (Å²) in [5.41, 5.74) is 2.27. The van der Waals surface area contributed by atoms with Gasteiger partial charge < -0.3 is 5.32 Å². The molecule has 0 aliphatic carbocycles. The van der Waals surface area contributed by atoms with Gasteiger partial charge in [-0.15, -0.1) is 0 Å². The predicted octanol–water partition coefficient (Wildman–Crippen LogP) is 3.10. The number of hydrogen-bond donors (Lipinski definition) is 1. The van der Waals surface area contributed by atoms with Crippen LogP contribution in [0.1, 0.15) is 24.5 Å². The van der Waals surface area contributed by atoms with Crippen molar-refractivity contribution in [3.63, 3.8) is 0 Å². The summed E-state index contributed by atoms with van der Waals surface area (Å²) < 4.78 is 26.1. The van der Waals surface area contributed by atoms with Crippen molar-refractivity contribution in [3.05, 3.63) is 59.7 Å². The van der Waals surface area contributed by atoms with Crippen molar-refractivity contribution in [2.45, 2.75) is 31.7 Å². The lowest BCUT2D eigenvalue weighted by Gasteiger charge is -2.21. The normalized spacial score (nSPS) is 11.8. The van der Waals surface area contributed by atoms with E-state index in [0.717, 1.165) is 18.5 Å². The minimum absolute atomic E-state index is 0.165. The van der Waals surface area contributed by atoms with Crippen LogP contribution in [0.2, 0.25) is 0 Å². The number of carbonyl (C=O) groups is 1. The topological polar surface area (TPSA) is 69.7 Å². The molecule has 1 amide bonds. The number of amides is 1. The van der Waals surface area contributed by atoms with Gasteiger partial charge >= 0.3 is 0 Å². The van der Waals surface area contributed by atoms with Crippen LogP contribution >= 0.6 is 0 Å². The van der Waals surface area contributed by atoms with E-state index in [1.807, 2.05) is 30.3 Å². The van der Waals surface area contributed by atoms with Crippen molar-refractivity contribution in [2.75, 3.05) is 32.5 Å². The van der Waals surface area contributed by atoms with Crippen LogP contribution < -0.4 is 5.32 Å². The average Bonchev–Trinajstić information content (AvgIpc) is 2.64. The molecule has 2 aromatic rings. The Bertz CT molecular complexity index is 896. The molecule has 0 heterocycles. The van der Waals surface area contributed by atoms with Crippen molar-refractivity contribution in [3.8, 4) is 0 Å². The molecule has 7 heteroatoms. The molecule has 0 aromatic heterocycles. The zero-order chi connectivity index (χ0) is 20.7. The van der Waals surface area contributed by atoms with Gasteiger partial charge in [0.15, 0.2) is 0 Å². The molecule has 0 bridgehead atoms. The summed E-state index contributed by atoms with van der Waals surface area (Å²) >= 11 is 0. The van der Waals surface area contributed by atoms with Crippen molar-refractivity contribution in [1.29, 1.82) is 0 Å². The lowest BCUT2D eigenvalue weighted by molar-refractivity contribution is -0.117. The maximum absolute atomic E-state index is 12.6. The van der Waals surface area contributed by atoms with E-state index in [1.54, 1.807) is 19.1 Å². The first kappa shape index (κ1) is 22.1. The Hall–Kier alpha value is -2.22. The van der Waals surface area contributed by atoms with Crippen LogP contribution in [-0.4, -0.2) is 50.7 Å². The smallest absolute Gasteiger partial charge is 0.242 e. The highest BCUT2D eigenvalue weighted by atomic mass is 32.2. The second-order valence-electron chi connectivity index (χ2n) is 7.01. The lowest BCUT2D eigenvalue weighted by atomic mass is 10.2. The first-order valence-corrected chi connectivity index (χ1v) is 10.8. The van der Waals surface area contributed by atoms with E-state index >= 15 is 0 Å². The third-order valence-electron chi connectivity index (χ3n) is 4.39. The lowest BCUT2D eigenvalue weighted by Crippen LogP contribution is -2.33. The molecule has 6 nitrogen and oxygen atoms in total. The van der Waals surface area contributed by atoms with Crippen molar-refractivity contribution in [2.24, 2.45) is 0 Å². The second kappa shape index (κ2) is 9.82. The van der Waals surface area contributed by atoms with Crippen LogP contribution in [-0.2, 0) is 21.4 Å². The molecule has 0 atom stereocenters. The molecule has 0 aliphatic rings. The monoisotopic (exact) mass is 403 g/mol. The van der Waals surface area contributed by atoms with Crippen molar-refractivity contribution >= 4 is 21.6 Å². The van der Waals surface area contributed by atoms with Gasteiger partial charge in [0.2, 0.25) is 15.9 Å². The first-order chi connectivity index (χ1) is 13.2. The third-order valence-corrected chi connectivity index (χ3v) is 6.34. The van der Waals surface area contributed by atoms with Crippen LogP contribution in [0.15, 0.2) is 53.4 Å². The summed E-state index contributed by atoms with van der Waals surface area (Å²) in [6, 6.07) is 15.0. The van der Waals surface area contributed by atoms with E-state index in [9.17, 15) is 13.2 Å². The molecule has 2 rings (SSSR count). The molecule has 0 radical (unpaired) electrons. The number of hydrogen-bond acceptors (Lipinski definition) is 4. The Kier molecular flexibility index (Phi) is 7.74. The van der Waals surface area contributed by atoms with Gasteiger partial charge in [-0.05, 0) is 43.1 Å². The molecule has 28 heavy (non-hydrogen) atoms. The van der Waals surface area contributed by atoms with Gasteiger partial charge in [-0.25, -0.2) is 12.7 Å². The summed E-state index contributed by atoms with van der Waals surface area (Å²) in [5.74, 6) is -0.165. The molecule has 0 spiro atoms. The van der Waals surface area contributed by atoms with Crippen LogP contribution in [0.5, 0.6) is 0 Å². The SMILES string of the molecule is CCCN(CC(=O)Nc1ccc(C)c(S(=O)(=O)N(C)C)c1)Cc1ccccc1. The summed E-state index contributed by atoms with van der Waals surface area (Å²) in [5, 5.41) is 2.83. The first-order valence-electron chi connectivity index (χ1n) is 9.33. The number of benzene rings is 2. The highest BCUT2D eigenvalue weighted by molar-refractivity contribution is 7.89. The van der Waals surface area contributed by atoms with E-state index in [2.05, 4.69) is 17.1 Å². The minimum atomic E-state index is -3.57. The fraction of sp³-hybridized carbons (Fsp3) is 0.381. The quantitative estimate of drug-likeness (QED) is 0.699. The van der Waals surface area contributed by atoms with Crippen molar-refractivity contribution in [1.82, 2.24) is 9.21 Å². The van der Waals surface area contributed by atoms with Gasteiger partial charge in [-0.1, -0.05) is 43.3 Å². The van der Waals surface area contributed by atoms with Gasteiger partial charge in [0, 0.05) is 26.3 Å². The molecular formula is C21H29N3O3S. The van der Waals surface area contributed by atoms with Crippen molar-refractivity contribution < 1.29 is 13.2 Å². The summed E-state index contributed by atoms with van der Waals surface area (Å²) in [7, 11) is -0.582. The van der Waals surface area contributed by atoms with E-state index < -0.39 is 10.0 Å². The standard InChI is InChI=1S/C21H29N3O3S/c1-5-13-24(15-18-9-7-6-8-10-18)16-21(25)22-19-12-11-17(2)20(14-19)28(26,27)23(3)4/h6-12,14H,5,13,15-16H2,1-4H3,(H,22,25). The number of nitrogens with zero attached hydrogens (tertiary/aromatic N) is 2. The Morgan fingerprint density at radius 1 is 1.07 bits per heavy atom. The highest BCUT2D eigenvalue weighted by Gasteiger charge is 2.20. The van der Waals surface area contributed by atoms with E-state index in [4.69, 9.17) is 0 Å². The predicted molar refractivity (Wildman–Crippen MR) is 113 cm³/mol. The Labute approximate surface area is 168 Å². The maximum Gasteiger partial charge on any atom is 0.242 e. The van der Waals surface area contributed by atoms with E-state index in [-0.39, 0.29) is 17.3 Å². The van der Waals surface area contributed by atoms with Crippen LogP contribution in [0.4, 0.5) is 5.69 Å². The number of nitrogens with one attached hydrogen (secondary N) is 1. The van der Waals surface area contributed by atoms with Gasteiger partial charge in [-0.3, -0.25) is 9.69 Å². The Balaban J connectivity index is 2.11. The third kappa shape index (κ3) is 5.89. The summed E-state index contributed by atoms with van der Waals surface area (Å²) in [4.78, 5) is 14.8. The molecule has 0 unspecified atom stereocenters. The molecule has 2 aromatic carbocycles. The largest absolute Gasteiger partial charge is 0.325 e. The molecule has 152 valence electrons. The highest BCUT2D eigenvalue weighted by Crippen LogP contribution is 2.22. The van der Waals surface area contributed by atoms with Crippen LogP contribution in [0.3, 0.4) is 0 Å². The summed E-state index contributed by atoms with van der Waals surface area (Å²) in [6.07, 6.45) is 0.940. The fourth-order valence-electron chi connectivity index (χ4n) is 2.93. The Morgan fingerprint density at radius 2 is 1.75 bits per heavy atom. The Morgan fingerprint density at radius 3 is 2.36 bits per heavy atom. The second-order valence-corrected chi connectivity index (χ2v) is 9.13. The number of sulfonamides is 1. The molecule has 0 aliphatic heterocycles. The molecule has 1 N–H and O–H groups in total. The molecule has 0 saturated heterocycles. The van der Waals surface area contributed by atoms with Gasteiger partial charge in [0.05, 0.1) is 11.4 Å². The maximum atomic E-state index is 12.6. The average molecular weight is 404 g/mol. The summed E-state index contributed by atoms with van der Waals surface area (Å²) in [6.45, 7) is 5.55.